The van der Waals surface area contributed by atoms with Crippen molar-refractivity contribution in [3.05, 3.63) is 12.7 Å². The van der Waals surface area contributed by atoms with Crippen LogP contribution in [0.5, 0.6) is 0 Å². The first kappa shape index (κ1) is 12.7. The molecule has 0 saturated heterocycles. The number of hydrogen-bond donors (Lipinski definition) is 1. The minimum atomic E-state index is 0.439. The largest absolute Gasteiger partial charge is 0.308 e. The van der Waals surface area contributed by atoms with E-state index in [1.807, 2.05) is 6.08 Å². The van der Waals surface area contributed by atoms with Gasteiger partial charge in [0.2, 0.25) is 0 Å². The van der Waals surface area contributed by atoms with Gasteiger partial charge in [-0.3, -0.25) is 0 Å². The van der Waals surface area contributed by atoms with E-state index in [-0.39, 0.29) is 0 Å². The molecule has 0 saturated carbocycles. The summed E-state index contributed by atoms with van der Waals surface area (Å²) in [5.41, 5.74) is 0. The standard InChI is InChI=1S/C12H25N/c1-6-10(4)9-12(8-3)13-11(5)7-2/h7,10-13H,2,6,8-9H2,1,3-5H3. The van der Waals surface area contributed by atoms with Crippen LogP contribution in [0.25, 0.3) is 0 Å². The lowest BCUT2D eigenvalue weighted by molar-refractivity contribution is 0.374. The second-order valence-corrected chi connectivity index (χ2v) is 4.05. The highest BCUT2D eigenvalue weighted by Gasteiger charge is 2.11. The predicted molar refractivity (Wildman–Crippen MR) is 60.9 cm³/mol. The first-order chi connectivity index (χ1) is 6.13. The van der Waals surface area contributed by atoms with Gasteiger partial charge in [-0.1, -0.05) is 33.3 Å². The van der Waals surface area contributed by atoms with Crippen LogP contribution in [-0.2, 0) is 0 Å². The third-order valence-corrected chi connectivity index (χ3v) is 2.73. The van der Waals surface area contributed by atoms with E-state index in [1.165, 1.54) is 19.3 Å². The number of nitrogens with one attached hydrogen (secondary N) is 1. The number of rotatable bonds is 7. The highest BCUT2D eigenvalue weighted by Crippen LogP contribution is 2.12. The Balaban J connectivity index is 3.81. The van der Waals surface area contributed by atoms with Crippen molar-refractivity contribution in [2.45, 2.75) is 59.0 Å². The van der Waals surface area contributed by atoms with E-state index in [1.54, 1.807) is 0 Å². The Morgan fingerprint density at radius 3 is 2.23 bits per heavy atom. The minimum absolute atomic E-state index is 0.439. The summed E-state index contributed by atoms with van der Waals surface area (Å²) in [4.78, 5) is 0. The van der Waals surface area contributed by atoms with Crippen LogP contribution in [0.3, 0.4) is 0 Å². The molecule has 1 N–H and O–H groups in total. The summed E-state index contributed by atoms with van der Waals surface area (Å²) in [6.45, 7) is 12.8. The van der Waals surface area contributed by atoms with Crippen molar-refractivity contribution in [2.75, 3.05) is 0 Å². The molecular weight excluding hydrogens is 158 g/mol. The fourth-order valence-corrected chi connectivity index (χ4v) is 1.44. The smallest absolute Gasteiger partial charge is 0.0221 e. The van der Waals surface area contributed by atoms with Crippen molar-refractivity contribution in [3.8, 4) is 0 Å². The van der Waals surface area contributed by atoms with Gasteiger partial charge in [0.15, 0.2) is 0 Å². The predicted octanol–water partition coefficient (Wildman–Crippen LogP) is 3.37. The summed E-state index contributed by atoms with van der Waals surface area (Å²) >= 11 is 0. The van der Waals surface area contributed by atoms with Crippen molar-refractivity contribution in [2.24, 2.45) is 5.92 Å². The maximum Gasteiger partial charge on any atom is 0.0221 e. The Kier molecular flexibility index (Phi) is 6.97. The quantitative estimate of drug-likeness (QED) is 0.597. The van der Waals surface area contributed by atoms with Crippen LogP contribution in [0.15, 0.2) is 12.7 Å². The number of hydrogen-bond acceptors (Lipinski definition) is 1. The summed E-state index contributed by atoms with van der Waals surface area (Å²) < 4.78 is 0. The molecule has 13 heavy (non-hydrogen) atoms. The van der Waals surface area contributed by atoms with Crippen molar-refractivity contribution in [1.82, 2.24) is 5.32 Å². The van der Waals surface area contributed by atoms with Gasteiger partial charge in [0.25, 0.3) is 0 Å². The van der Waals surface area contributed by atoms with Gasteiger partial charge in [-0.2, -0.15) is 0 Å². The topological polar surface area (TPSA) is 12.0 Å². The van der Waals surface area contributed by atoms with Gasteiger partial charge in [-0.05, 0) is 25.7 Å². The molecule has 0 aromatic carbocycles. The van der Waals surface area contributed by atoms with Crippen LogP contribution >= 0.6 is 0 Å². The van der Waals surface area contributed by atoms with E-state index in [0.29, 0.717) is 12.1 Å². The Labute approximate surface area is 83.6 Å². The molecule has 0 radical (unpaired) electrons. The molecule has 0 rings (SSSR count). The monoisotopic (exact) mass is 183 g/mol. The van der Waals surface area contributed by atoms with Gasteiger partial charge >= 0.3 is 0 Å². The lowest BCUT2D eigenvalue weighted by Gasteiger charge is -2.22. The zero-order valence-corrected chi connectivity index (χ0v) is 9.64. The van der Waals surface area contributed by atoms with E-state index in [2.05, 4.69) is 39.6 Å². The van der Waals surface area contributed by atoms with E-state index >= 15 is 0 Å². The third-order valence-electron chi connectivity index (χ3n) is 2.73. The van der Waals surface area contributed by atoms with Crippen molar-refractivity contribution < 1.29 is 0 Å². The van der Waals surface area contributed by atoms with Crippen LogP contribution in [0.2, 0.25) is 0 Å². The lowest BCUT2D eigenvalue weighted by Crippen LogP contribution is -2.35. The van der Waals surface area contributed by atoms with Gasteiger partial charge in [-0.25, -0.2) is 0 Å². The van der Waals surface area contributed by atoms with Crippen molar-refractivity contribution in [3.63, 3.8) is 0 Å². The summed E-state index contributed by atoms with van der Waals surface area (Å²) in [6.07, 6.45) is 5.74. The summed E-state index contributed by atoms with van der Waals surface area (Å²) in [6, 6.07) is 1.09. The maximum absolute atomic E-state index is 3.78. The Hall–Kier alpha value is -0.300. The van der Waals surface area contributed by atoms with Crippen LogP contribution in [0.1, 0.15) is 47.0 Å². The highest BCUT2D eigenvalue weighted by atomic mass is 14.9. The molecule has 1 heteroatoms. The average Bonchev–Trinajstić information content (AvgIpc) is 2.16. The normalized spacial score (nSPS) is 17.8. The van der Waals surface area contributed by atoms with Gasteiger partial charge < -0.3 is 5.32 Å². The fourth-order valence-electron chi connectivity index (χ4n) is 1.44. The summed E-state index contributed by atoms with van der Waals surface area (Å²) in [7, 11) is 0. The molecule has 0 spiro atoms. The highest BCUT2D eigenvalue weighted by molar-refractivity contribution is 4.84. The molecule has 0 aliphatic rings. The van der Waals surface area contributed by atoms with Gasteiger partial charge in [-0.15, -0.1) is 6.58 Å². The van der Waals surface area contributed by atoms with Crippen LogP contribution in [0, 0.1) is 5.92 Å². The molecule has 0 aliphatic carbocycles. The van der Waals surface area contributed by atoms with Crippen LogP contribution in [0.4, 0.5) is 0 Å². The van der Waals surface area contributed by atoms with Crippen molar-refractivity contribution >= 4 is 0 Å². The second kappa shape index (κ2) is 7.14. The van der Waals surface area contributed by atoms with Crippen molar-refractivity contribution in [1.29, 1.82) is 0 Å². The molecule has 0 aromatic heterocycles. The molecule has 0 fully saturated rings. The molecule has 3 unspecified atom stereocenters. The molecular formula is C12H25N. The van der Waals surface area contributed by atoms with Crippen LogP contribution < -0.4 is 5.32 Å². The van der Waals surface area contributed by atoms with E-state index < -0.39 is 0 Å². The van der Waals surface area contributed by atoms with Gasteiger partial charge in [0, 0.05) is 12.1 Å². The third kappa shape index (κ3) is 5.87. The first-order valence-electron chi connectivity index (χ1n) is 5.52. The Morgan fingerprint density at radius 2 is 1.85 bits per heavy atom. The summed E-state index contributed by atoms with van der Waals surface area (Å²) in [5.74, 6) is 0.828. The lowest BCUT2D eigenvalue weighted by atomic mass is 9.97. The summed E-state index contributed by atoms with van der Waals surface area (Å²) in [5, 5.41) is 3.56. The molecule has 78 valence electrons. The average molecular weight is 183 g/mol. The first-order valence-corrected chi connectivity index (χ1v) is 5.52. The Bertz CT molecular complexity index is 131. The van der Waals surface area contributed by atoms with E-state index in [0.717, 1.165) is 5.92 Å². The molecule has 3 atom stereocenters. The maximum atomic E-state index is 3.78. The van der Waals surface area contributed by atoms with Gasteiger partial charge in [0.1, 0.15) is 0 Å². The minimum Gasteiger partial charge on any atom is -0.308 e. The zero-order chi connectivity index (χ0) is 10.3. The molecule has 1 nitrogen and oxygen atoms in total. The molecule has 0 bridgehead atoms. The zero-order valence-electron chi connectivity index (χ0n) is 9.64. The molecule has 0 aromatic rings. The molecule has 0 aliphatic heterocycles. The fraction of sp³-hybridized carbons (Fsp3) is 0.833. The second-order valence-electron chi connectivity index (χ2n) is 4.05. The Morgan fingerprint density at radius 1 is 1.23 bits per heavy atom. The molecule has 0 amide bonds. The van der Waals surface area contributed by atoms with Gasteiger partial charge in [0.05, 0.1) is 0 Å². The molecule has 0 heterocycles. The van der Waals surface area contributed by atoms with E-state index in [4.69, 9.17) is 0 Å². The van der Waals surface area contributed by atoms with E-state index in [9.17, 15) is 0 Å². The van der Waals surface area contributed by atoms with Crippen LogP contribution in [-0.4, -0.2) is 12.1 Å². The SMILES string of the molecule is C=CC(C)NC(CC)CC(C)CC.